The van der Waals surface area contributed by atoms with E-state index in [0.717, 1.165) is 4.47 Å². The van der Waals surface area contributed by atoms with Gasteiger partial charge in [0, 0.05) is 13.2 Å². The zero-order chi connectivity index (χ0) is 13.1. The summed E-state index contributed by atoms with van der Waals surface area (Å²) < 4.78 is 8.03. The Bertz CT molecular complexity index is 403. The molecule has 1 unspecified atom stereocenters. The van der Waals surface area contributed by atoms with Gasteiger partial charge < -0.3 is 4.74 Å². The maximum absolute atomic E-state index is 12.5. The summed E-state index contributed by atoms with van der Waals surface area (Å²) in [7, 11) is 0. The molecule has 5 heteroatoms. The number of hydrogen-bond acceptors (Lipinski definition) is 3. The van der Waals surface area contributed by atoms with Gasteiger partial charge in [-0.05, 0) is 43.1 Å². The van der Waals surface area contributed by atoms with Crippen molar-refractivity contribution in [2.75, 3.05) is 6.61 Å². The summed E-state index contributed by atoms with van der Waals surface area (Å²) >= 11 is 3.37. The smallest absolute Gasteiger partial charge is 0.213 e. The molecular weight excluding hydrogens is 284 g/mol. The number of Topliss-reactive ketones (excluding diaryl/α,β-unsaturated/α-hetero) is 1. The van der Waals surface area contributed by atoms with E-state index < -0.39 is 5.60 Å². The fourth-order valence-electron chi connectivity index (χ4n) is 1.73. The average Bonchev–Trinajstić information content (AvgIpc) is 2.69. The molecule has 0 N–H and O–H groups in total. The van der Waals surface area contributed by atoms with E-state index in [9.17, 15) is 4.79 Å². The number of halogens is 1. The van der Waals surface area contributed by atoms with Crippen LogP contribution in [0.15, 0.2) is 10.7 Å². The van der Waals surface area contributed by atoms with Crippen molar-refractivity contribution in [2.24, 2.45) is 0 Å². The van der Waals surface area contributed by atoms with Crippen molar-refractivity contribution >= 4 is 21.7 Å². The molecule has 0 amide bonds. The van der Waals surface area contributed by atoms with Gasteiger partial charge in [-0.2, -0.15) is 5.10 Å². The van der Waals surface area contributed by atoms with Crippen molar-refractivity contribution in [1.29, 1.82) is 0 Å². The van der Waals surface area contributed by atoms with Gasteiger partial charge >= 0.3 is 0 Å². The van der Waals surface area contributed by atoms with Crippen LogP contribution in [-0.4, -0.2) is 27.8 Å². The molecule has 0 aliphatic rings. The molecule has 0 aliphatic heterocycles. The Morgan fingerprint density at radius 1 is 1.53 bits per heavy atom. The van der Waals surface area contributed by atoms with Crippen LogP contribution in [0.1, 0.15) is 44.6 Å². The van der Waals surface area contributed by atoms with Crippen molar-refractivity contribution in [3.8, 4) is 0 Å². The molecule has 0 saturated heterocycles. The minimum absolute atomic E-state index is 0.0203. The lowest BCUT2D eigenvalue weighted by Crippen LogP contribution is -2.39. The first-order chi connectivity index (χ1) is 8.00. The molecule has 1 aromatic heterocycles. The molecular formula is C12H19BrN2O2. The molecule has 0 fully saturated rings. The predicted octanol–water partition coefficient (Wildman–Crippen LogP) is 3.05. The summed E-state index contributed by atoms with van der Waals surface area (Å²) in [4.78, 5) is 12.5. The fraction of sp³-hybridized carbons (Fsp3) is 0.667. The molecule has 1 heterocycles. The Morgan fingerprint density at radius 2 is 2.18 bits per heavy atom. The van der Waals surface area contributed by atoms with Crippen LogP contribution in [0, 0.1) is 0 Å². The maximum Gasteiger partial charge on any atom is 0.213 e. The lowest BCUT2D eigenvalue weighted by Gasteiger charge is -2.26. The first-order valence-electron chi connectivity index (χ1n) is 5.90. The predicted molar refractivity (Wildman–Crippen MR) is 70.3 cm³/mol. The van der Waals surface area contributed by atoms with Gasteiger partial charge in [-0.25, -0.2) is 0 Å². The van der Waals surface area contributed by atoms with Gasteiger partial charge in [0.25, 0.3) is 0 Å². The second kappa shape index (κ2) is 5.78. The minimum atomic E-state index is -0.774. The Kier molecular flexibility index (Phi) is 4.89. The van der Waals surface area contributed by atoms with Gasteiger partial charge in [-0.15, -0.1) is 0 Å². The highest BCUT2D eigenvalue weighted by Crippen LogP contribution is 2.26. The van der Waals surface area contributed by atoms with Crippen molar-refractivity contribution in [2.45, 2.75) is 46.3 Å². The van der Waals surface area contributed by atoms with E-state index in [1.54, 1.807) is 10.9 Å². The molecule has 0 aromatic carbocycles. The van der Waals surface area contributed by atoms with E-state index in [4.69, 9.17) is 4.74 Å². The first-order valence-corrected chi connectivity index (χ1v) is 6.69. The van der Waals surface area contributed by atoms with E-state index in [-0.39, 0.29) is 5.78 Å². The number of ether oxygens (including phenoxy) is 1. The second-order valence-corrected chi connectivity index (χ2v) is 4.86. The standard InChI is InChI=1S/C12H19BrN2O2/c1-5-12(4,17-7-3)11(16)10-9(13)8-14-15(10)6-2/h8H,5-7H2,1-4H3. The largest absolute Gasteiger partial charge is 0.367 e. The van der Waals surface area contributed by atoms with E-state index in [2.05, 4.69) is 21.0 Å². The SMILES string of the molecule is CCOC(C)(CC)C(=O)c1c(Br)cnn1CC. The summed E-state index contributed by atoms with van der Waals surface area (Å²) in [6, 6.07) is 0. The third kappa shape index (κ3) is 2.77. The van der Waals surface area contributed by atoms with Gasteiger partial charge in [-0.1, -0.05) is 6.92 Å². The number of aromatic nitrogens is 2. The molecule has 0 spiro atoms. The van der Waals surface area contributed by atoms with E-state index in [1.165, 1.54) is 0 Å². The molecule has 96 valence electrons. The Labute approximate surface area is 110 Å². The maximum atomic E-state index is 12.5. The van der Waals surface area contributed by atoms with Gasteiger partial charge in [-0.3, -0.25) is 9.48 Å². The zero-order valence-corrected chi connectivity index (χ0v) is 12.4. The molecule has 1 aromatic rings. The lowest BCUT2D eigenvalue weighted by atomic mass is 9.95. The molecule has 0 saturated carbocycles. The minimum Gasteiger partial charge on any atom is -0.367 e. The number of nitrogens with zero attached hydrogens (tertiary/aromatic N) is 2. The third-order valence-electron chi connectivity index (χ3n) is 2.93. The number of hydrogen-bond donors (Lipinski definition) is 0. The Morgan fingerprint density at radius 3 is 2.65 bits per heavy atom. The monoisotopic (exact) mass is 302 g/mol. The Balaban J connectivity index is 3.14. The topological polar surface area (TPSA) is 44.1 Å². The normalized spacial score (nSPS) is 14.6. The number of carbonyl (C=O) groups excluding carboxylic acids is 1. The molecule has 0 radical (unpaired) electrons. The summed E-state index contributed by atoms with van der Waals surface area (Å²) in [5, 5.41) is 4.16. The summed E-state index contributed by atoms with van der Waals surface area (Å²) in [6.07, 6.45) is 2.29. The van der Waals surface area contributed by atoms with Crippen LogP contribution in [0.3, 0.4) is 0 Å². The van der Waals surface area contributed by atoms with E-state index in [0.29, 0.717) is 25.3 Å². The van der Waals surface area contributed by atoms with Gasteiger partial charge in [0.05, 0.1) is 10.7 Å². The van der Waals surface area contributed by atoms with Crippen molar-refractivity contribution in [3.05, 3.63) is 16.4 Å². The van der Waals surface area contributed by atoms with Crippen LogP contribution in [0.5, 0.6) is 0 Å². The summed E-state index contributed by atoms with van der Waals surface area (Å²) in [5.41, 5.74) is -0.185. The van der Waals surface area contributed by atoms with Crippen LogP contribution < -0.4 is 0 Å². The van der Waals surface area contributed by atoms with Crippen LogP contribution in [0.4, 0.5) is 0 Å². The van der Waals surface area contributed by atoms with Crippen LogP contribution in [-0.2, 0) is 11.3 Å². The summed E-state index contributed by atoms with van der Waals surface area (Å²) in [6.45, 7) is 8.83. The van der Waals surface area contributed by atoms with Crippen LogP contribution >= 0.6 is 15.9 Å². The molecule has 17 heavy (non-hydrogen) atoms. The first kappa shape index (κ1) is 14.4. The van der Waals surface area contributed by atoms with Gasteiger partial charge in [0.2, 0.25) is 5.78 Å². The molecule has 0 bridgehead atoms. The zero-order valence-electron chi connectivity index (χ0n) is 10.8. The number of rotatable bonds is 6. The van der Waals surface area contributed by atoms with E-state index >= 15 is 0 Å². The van der Waals surface area contributed by atoms with Crippen LogP contribution in [0.2, 0.25) is 0 Å². The number of ketones is 1. The van der Waals surface area contributed by atoms with Crippen molar-refractivity contribution < 1.29 is 9.53 Å². The van der Waals surface area contributed by atoms with Crippen molar-refractivity contribution in [3.63, 3.8) is 0 Å². The van der Waals surface area contributed by atoms with Crippen LogP contribution in [0.25, 0.3) is 0 Å². The molecule has 1 rings (SSSR count). The lowest BCUT2D eigenvalue weighted by molar-refractivity contribution is -0.0123. The average molecular weight is 303 g/mol. The number of aryl methyl sites for hydroxylation is 1. The summed E-state index contributed by atoms with van der Waals surface area (Å²) in [5.74, 6) is -0.0203. The second-order valence-electron chi connectivity index (χ2n) is 4.00. The molecule has 4 nitrogen and oxygen atoms in total. The van der Waals surface area contributed by atoms with Crippen molar-refractivity contribution in [1.82, 2.24) is 9.78 Å². The van der Waals surface area contributed by atoms with Gasteiger partial charge in [0.1, 0.15) is 11.3 Å². The quantitative estimate of drug-likeness (QED) is 0.759. The molecule has 0 aliphatic carbocycles. The fourth-order valence-corrected chi connectivity index (χ4v) is 2.20. The highest BCUT2D eigenvalue weighted by Gasteiger charge is 2.36. The Hall–Kier alpha value is -0.680. The molecule has 1 atom stereocenters. The van der Waals surface area contributed by atoms with Gasteiger partial charge in [0.15, 0.2) is 0 Å². The van der Waals surface area contributed by atoms with E-state index in [1.807, 2.05) is 27.7 Å². The number of carbonyl (C=O) groups is 1. The third-order valence-corrected chi connectivity index (χ3v) is 3.51. The highest BCUT2D eigenvalue weighted by atomic mass is 79.9. The highest BCUT2D eigenvalue weighted by molar-refractivity contribution is 9.10.